The Morgan fingerprint density at radius 2 is 2.25 bits per heavy atom. The van der Waals surface area contributed by atoms with E-state index in [0.29, 0.717) is 12.0 Å². The number of hydrogen-bond donors (Lipinski definition) is 0. The molecule has 0 aromatic carbocycles. The van der Waals surface area contributed by atoms with Gasteiger partial charge in [-0.15, -0.1) is 0 Å². The monoisotopic (exact) mass is 295 g/mol. The second-order valence-corrected chi connectivity index (χ2v) is 6.35. The summed E-state index contributed by atoms with van der Waals surface area (Å²) in [6, 6.07) is 1.90. The lowest BCUT2D eigenvalue weighted by Gasteiger charge is -2.32. The summed E-state index contributed by atoms with van der Waals surface area (Å²) >= 11 is 1.57. The second kappa shape index (κ2) is 6.70. The summed E-state index contributed by atoms with van der Waals surface area (Å²) in [6.07, 6.45) is 3.32. The van der Waals surface area contributed by atoms with Crippen LogP contribution in [-0.4, -0.2) is 49.8 Å². The zero-order chi connectivity index (χ0) is 13.8. The van der Waals surface area contributed by atoms with Gasteiger partial charge < -0.3 is 14.4 Å². The highest BCUT2D eigenvalue weighted by Crippen LogP contribution is 2.20. The molecule has 0 saturated carbocycles. The molecule has 0 radical (unpaired) electrons. The number of carbonyl (C=O) groups excluding carboxylic acids is 1. The maximum absolute atomic E-state index is 12.2. The molecule has 1 aromatic heterocycles. The average molecular weight is 295 g/mol. The molecule has 2 saturated heterocycles. The Hall–Kier alpha value is -0.910. The molecule has 2 aliphatic rings. The topological polar surface area (TPSA) is 38.8 Å². The molecule has 3 heterocycles. The van der Waals surface area contributed by atoms with Crippen molar-refractivity contribution in [2.45, 2.75) is 25.4 Å². The largest absolute Gasteiger partial charge is 0.381 e. The minimum absolute atomic E-state index is 0.161. The molecule has 5 heteroatoms. The van der Waals surface area contributed by atoms with Crippen molar-refractivity contribution in [3.05, 3.63) is 22.4 Å². The number of rotatable bonds is 4. The first kappa shape index (κ1) is 14.0. The maximum Gasteiger partial charge on any atom is 0.254 e. The third-order valence-electron chi connectivity index (χ3n) is 4.09. The second-order valence-electron chi connectivity index (χ2n) is 5.57. The van der Waals surface area contributed by atoms with Crippen molar-refractivity contribution >= 4 is 17.2 Å². The molecule has 0 bridgehead atoms. The van der Waals surface area contributed by atoms with Crippen LogP contribution in [0.1, 0.15) is 29.6 Å². The van der Waals surface area contributed by atoms with Crippen molar-refractivity contribution in [3.63, 3.8) is 0 Å². The smallest absolute Gasteiger partial charge is 0.254 e. The molecule has 0 N–H and O–H groups in total. The van der Waals surface area contributed by atoms with E-state index in [0.717, 1.165) is 57.7 Å². The molecule has 0 spiro atoms. The van der Waals surface area contributed by atoms with Crippen LogP contribution in [0.25, 0.3) is 0 Å². The van der Waals surface area contributed by atoms with Crippen LogP contribution < -0.4 is 0 Å². The molecule has 0 aliphatic carbocycles. The summed E-state index contributed by atoms with van der Waals surface area (Å²) in [7, 11) is 0. The third-order valence-corrected chi connectivity index (χ3v) is 4.77. The SMILES string of the molecule is O=C(c1ccsc1)N1CCC(OC[C@@H]2CCOC2)CC1. The molecule has 110 valence electrons. The van der Waals surface area contributed by atoms with E-state index in [4.69, 9.17) is 9.47 Å². The summed E-state index contributed by atoms with van der Waals surface area (Å²) in [5, 5.41) is 3.87. The minimum atomic E-state index is 0.161. The number of likely N-dealkylation sites (tertiary alicyclic amines) is 1. The van der Waals surface area contributed by atoms with Gasteiger partial charge in [-0.05, 0) is 30.7 Å². The van der Waals surface area contributed by atoms with E-state index in [-0.39, 0.29) is 5.91 Å². The molecule has 20 heavy (non-hydrogen) atoms. The Kier molecular flexibility index (Phi) is 4.70. The van der Waals surface area contributed by atoms with Crippen LogP contribution in [0.5, 0.6) is 0 Å². The van der Waals surface area contributed by atoms with Crippen LogP contribution in [0, 0.1) is 5.92 Å². The van der Waals surface area contributed by atoms with Gasteiger partial charge in [-0.25, -0.2) is 0 Å². The normalized spacial score (nSPS) is 24.2. The van der Waals surface area contributed by atoms with Crippen LogP contribution in [-0.2, 0) is 9.47 Å². The molecule has 2 aliphatic heterocycles. The van der Waals surface area contributed by atoms with Gasteiger partial charge in [0.2, 0.25) is 0 Å². The minimum Gasteiger partial charge on any atom is -0.381 e. The Morgan fingerprint density at radius 3 is 2.90 bits per heavy atom. The van der Waals surface area contributed by atoms with Crippen LogP contribution in [0.3, 0.4) is 0 Å². The van der Waals surface area contributed by atoms with Gasteiger partial charge in [-0.3, -0.25) is 4.79 Å². The van der Waals surface area contributed by atoms with Gasteiger partial charge in [-0.1, -0.05) is 0 Å². The van der Waals surface area contributed by atoms with Crippen LogP contribution in [0.2, 0.25) is 0 Å². The fourth-order valence-corrected chi connectivity index (χ4v) is 3.41. The summed E-state index contributed by atoms with van der Waals surface area (Å²) in [4.78, 5) is 14.2. The highest BCUT2D eigenvalue weighted by molar-refractivity contribution is 7.08. The van der Waals surface area contributed by atoms with Gasteiger partial charge in [-0.2, -0.15) is 11.3 Å². The number of hydrogen-bond acceptors (Lipinski definition) is 4. The Balaban J connectivity index is 1.41. The van der Waals surface area contributed by atoms with Gasteiger partial charge in [0.1, 0.15) is 0 Å². The summed E-state index contributed by atoms with van der Waals surface area (Å²) in [5.41, 5.74) is 0.817. The van der Waals surface area contributed by atoms with Gasteiger partial charge in [0.25, 0.3) is 5.91 Å². The summed E-state index contributed by atoms with van der Waals surface area (Å²) in [5.74, 6) is 0.731. The van der Waals surface area contributed by atoms with E-state index < -0.39 is 0 Å². The number of carbonyl (C=O) groups is 1. The Labute approximate surface area is 123 Å². The quantitative estimate of drug-likeness (QED) is 0.856. The predicted molar refractivity (Wildman–Crippen MR) is 78.1 cm³/mol. The highest BCUT2D eigenvalue weighted by atomic mass is 32.1. The van der Waals surface area contributed by atoms with Crippen molar-refractivity contribution in [2.75, 3.05) is 32.9 Å². The molecule has 1 atom stereocenters. The molecule has 3 rings (SSSR count). The van der Waals surface area contributed by atoms with Gasteiger partial charge in [0, 0.05) is 31.0 Å². The number of thiophene rings is 1. The van der Waals surface area contributed by atoms with Crippen molar-refractivity contribution in [1.29, 1.82) is 0 Å². The average Bonchev–Trinajstić information content (AvgIpc) is 3.18. The zero-order valence-corrected chi connectivity index (χ0v) is 12.4. The molecular formula is C15H21NO3S. The molecule has 1 aromatic rings. The fraction of sp³-hybridized carbons (Fsp3) is 0.667. The molecule has 1 amide bonds. The number of amides is 1. The van der Waals surface area contributed by atoms with Crippen molar-refractivity contribution in [1.82, 2.24) is 4.90 Å². The van der Waals surface area contributed by atoms with E-state index in [9.17, 15) is 4.79 Å². The Morgan fingerprint density at radius 1 is 1.40 bits per heavy atom. The lowest BCUT2D eigenvalue weighted by molar-refractivity contribution is -0.00792. The molecular weight excluding hydrogens is 274 g/mol. The van der Waals surface area contributed by atoms with E-state index in [1.807, 2.05) is 21.7 Å². The van der Waals surface area contributed by atoms with Gasteiger partial charge in [0.15, 0.2) is 0 Å². The number of ether oxygens (including phenoxy) is 2. The standard InChI is InChI=1S/C15H21NO3S/c17-15(13-4-8-20-11-13)16-5-1-14(2-6-16)19-10-12-3-7-18-9-12/h4,8,11-12,14H,1-3,5-7,9-10H2/t12-/m1/s1. The highest BCUT2D eigenvalue weighted by Gasteiger charge is 2.25. The van der Waals surface area contributed by atoms with Crippen molar-refractivity contribution in [2.24, 2.45) is 5.92 Å². The zero-order valence-electron chi connectivity index (χ0n) is 11.6. The van der Waals surface area contributed by atoms with Gasteiger partial charge >= 0.3 is 0 Å². The van der Waals surface area contributed by atoms with Crippen molar-refractivity contribution < 1.29 is 14.3 Å². The van der Waals surface area contributed by atoms with E-state index >= 15 is 0 Å². The number of piperidine rings is 1. The Bertz CT molecular complexity index is 420. The molecule has 0 unspecified atom stereocenters. The first-order valence-corrected chi connectivity index (χ1v) is 8.28. The summed E-state index contributed by atoms with van der Waals surface area (Å²) < 4.78 is 11.3. The van der Waals surface area contributed by atoms with Crippen LogP contribution >= 0.6 is 11.3 Å². The maximum atomic E-state index is 12.2. The first-order valence-electron chi connectivity index (χ1n) is 7.34. The van der Waals surface area contributed by atoms with Gasteiger partial charge in [0.05, 0.1) is 24.9 Å². The first-order chi connectivity index (χ1) is 9.83. The summed E-state index contributed by atoms with van der Waals surface area (Å²) in [6.45, 7) is 4.14. The fourth-order valence-electron chi connectivity index (χ4n) is 2.78. The van der Waals surface area contributed by atoms with E-state index in [1.165, 1.54) is 0 Å². The molecule has 4 nitrogen and oxygen atoms in total. The van der Waals surface area contributed by atoms with E-state index in [1.54, 1.807) is 11.3 Å². The van der Waals surface area contributed by atoms with Crippen LogP contribution in [0.4, 0.5) is 0 Å². The lowest BCUT2D eigenvalue weighted by Crippen LogP contribution is -2.41. The van der Waals surface area contributed by atoms with Crippen LogP contribution in [0.15, 0.2) is 16.8 Å². The predicted octanol–water partition coefficient (Wildman–Crippen LogP) is 2.41. The van der Waals surface area contributed by atoms with E-state index in [2.05, 4.69) is 0 Å². The van der Waals surface area contributed by atoms with Crippen molar-refractivity contribution in [3.8, 4) is 0 Å². The number of nitrogens with zero attached hydrogens (tertiary/aromatic N) is 1. The third kappa shape index (κ3) is 3.40. The lowest BCUT2D eigenvalue weighted by atomic mass is 10.1. The molecule has 2 fully saturated rings.